The Balaban J connectivity index is 1.39. The van der Waals surface area contributed by atoms with Crippen molar-refractivity contribution < 1.29 is 19.2 Å². The van der Waals surface area contributed by atoms with Gasteiger partial charge in [0.15, 0.2) is 6.54 Å². The summed E-state index contributed by atoms with van der Waals surface area (Å²) >= 11 is 0. The number of carbonyl (C=O) groups is 2. The Morgan fingerprint density at radius 3 is 2.41 bits per heavy atom. The Hall–Kier alpha value is -2.86. The van der Waals surface area contributed by atoms with Gasteiger partial charge in [-0.25, -0.2) is 0 Å². The summed E-state index contributed by atoms with van der Waals surface area (Å²) < 4.78 is 5.22. The SMILES string of the molecule is COc1ccc(C[NH+](CC(=O)Nc2ccccc2C(=O)NC2CC2)C2CC2)cc1. The molecule has 2 saturated carbocycles. The second kappa shape index (κ2) is 8.66. The van der Waals surface area contributed by atoms with E-state index < -0.39 is 0 Å². The number of carbonyl (C=O) groups excluding carboxylic acids is 2. The van der Waals surface area contributed by atoms with Crippen molar-refractivity contribution in [2.24, 2.45) is 0 Å². The molecule has 0 heterocycles. The summed E-state index contributed by atoms with van der Waals surface area (Å²) in [5, 5.41) is 5.95. The molecular formula is C23H28N3O3+. The Morgan fingerprint density at radius 1 is 1.03 bits per heavy atom. The number of ether oxygens (including phenoxy) is 1. The van der Waals surface area contributed by atoms with E-state index in [-0.39, 0.29) is 17.9 Å². The first-order chi connectivity index (χ1) is 14.1. The van der Waals surface area contributed by atoms with Crippen LogP contribution < -0.4 is 20.3 Å². The van der Waals surface area contributed by atoms with E-state index in [0.29, 0.717) is 23.8 Å². The monoisotopic (exact) mass is 394 g/mol. The van der Waals surface area contributed by atoms with E-state index in [1.807, 2.05) is 24.3 Å². The highest BCUT2D eigenvalue weighted by Crippen LogP contribution is 2.21. The molecule has 29 heavy (non-hydrogen) atoms. The predicted molar refractivity (Wildman–Crippen MR) is 111 cm³/mol. The molecule has 0 spiro atoms. The van der Waals surface area contributed by atoms with Gasteiger partial charge in [0.25, 0.3) is 11.8 Å². The molecule has 2 aliphatic carbocycles. The van der Waals surface area contributed by atoms with Crippen molar-refractivity contribution >= 4 is 17.5 Å². The van der Waals surface area contributed by atoms with Crippen molar-refractivity contribution in [1.82, 2.24) is 5.32 Å². The minimum Gasteiger partial charge on any atom is -0.497 e. The molecule has 152 valence electrons. The molecule has 2 aromatic carbocycles. The lowest BCUT2D eigenvalue weighted by Crippen LogP contribution is -3.13. The molecule has 0 radical (unpaired) electrons. The quantitative estimate of drug-likeness (QED) is 0.607. The molecule has 3 N–H and O–H groups in total. The number of anilines is 1. The van der Waals surface area contributed by atoms with Gasteiger partial charge in [0.05, 0.1) is 24.4 Å². The number of hydrogen-bond donors (Lipinski definition) is 3. The first-order valence-corrected chi connectivity index (χ1v) is 10.3. The largest absolute Gasteiger partial charge is 0.497 e. The maximum absolute atomic E-state index is 12.8. The van der Waals surface area contributed by atoms with Crippen molar-refractivity contribution in [3.63, 3.8) is 0 Å². The Kier molecular flexibility index (Phi) is 5.81. The van der Waals surface area contributed by atoms with Crippen molar-refractivity contribution in [3.8, 4) is 5.75 Å². The first kappa shape index (κ1) is 19.5. The van der Waals surface area contributed by atoms with Gasteiger partial charge in [-0.1, -0.05) is 12.1 Å². The lowest BCUT2D eigenvalue weighted by atomic mass is 10.1. The summed E-state index contributed by atoms with van der Waals surface area (Å²) in [5.41, 5.74) is 2.29. The topological polar surface area (TPSA) is 71.9 Å². The number of benzene rings is 2. The van der Waals surface area contributed by atoms with Gasteiger partial charge in [-0.3, -0.25) is 9.59 Å². The second-order valence-corrected chi connectivity index (χ2v) is 7.98. The van der Waals surface area contributed by atoms with Gasteiger partial charge in [0.1, 0.15) is 12.3 Å². The molecule has 0 aromatic heterocycles. The van der Waals surface area contributed by atoms with E-state index in [9.17, 15) is 9.59 Å². The summed E-state index contributed by atoms with van der Waals surface area (Å²) in [6.07, 6.45) is 4.37. The molecule has 2 amide bonds. The minimum absolute atomic E-state index is 0.0629. The molecule has 1 unspecified atom stereocenters. The highest BCUT2D eigenvalue weighted by molar-refractivity contribution is 6.04. The number of rotatable bonds is 9. The second-order valence-electron chi connectivity index (χ2n) is 7.98. The lowest BCUT2D eigenvalue weighted by Gasteiger charge is -2.19. The standard InChI is InChI=1S/C23H27N3O3/c1-29-19-12-6-16(7-13-19)14-26(18-10-11-18)15-22(27)25-21-5-3-2-4-20(21)23(28)24-17-8-9-17/h2-7,12-13,17-18H,8-11,14-15H2,1H3,(H,24,28)(H,25,27)/p+1. The van der Waals surface area contributed by atoms with Crippen LogP contribution in [0.1, 0.15) is 41.6 Å². The fourth-order valence-electron chi connectivity index (χ4n) is 3.53. The van der Waals surface area contributed by atoms with Crippen molar-refractivity contribution in [2.75, 3.05) is 19.0 Å². The van der Waals surface area contributed by atoms with Crippen LogP contribution in [-0.2, 0) is 11.3 Å². The van der Waals surface area contributed by atoms with Gasteiger partial charge >= 0.3 is 0 Å². The highest BCUT2D eigenvalue weighted by Gasteiger charge is 2.34. The van der Waals surface area contributed by atoms with Gasteiger partial charge in [0.2, 0.25) is 0 Å². The summed E-state index contributed by atoms with van der Waals surface area (Å²) in [4.78, 5) is 26.5. The number of nitrogens with one attached hydrogen (secondary N) is 3. The van der Waals surface area contributed by atoms with Gasteiger partial charge in [-0.15, -0.1) is 0 Å². The maximum atomic E-state index is 12.8. The Bertz CT molecular complexity index is 873. The molecule has 2 aliphatic rings. The summed E-state index contributed by atoms with van der Waals surface area (Å²) in [5.74, 6) is 0.653. The van der Waals surface area contributed by atoms with Crippen LogP contribution in [0.25, 0.3) is 0 Å². The molecule has 0 saturated heterocycles. The number of amides is 2. The van der Waals surface area contributed by atoms with Gasteiger partial charge in [-0.05, 0) is 49.2 Å². The van der Waals surface area contributed by atoms with E-state index in [1.54, 1.807) is 19.2 Å². The molecule has 6 heteroatoms. The highest BCUT2D eigenvalue weighted by atomic mass is 16.5. The molecule has 0 bridgehead atoms. The van der Waals surface area contributed by atoms with Crippen molar-refractivity contribution in [2.45, 2.75) is 44.3 Å². The van der Waals surface area contributed by atoms with E-state index in [4.69, 9.17) is 4.74 Å². The summed E-state index contributed by atoms with van der Waals surface area (Å²) in [6, 6.07) is 16.0. The van der Waals surface area contributed by atoms with E-state index >= 15 is 0 Å². The average molecular weight is 394 g/mol. The molecule has 2 aromatic rings. The van der Waals surface area contributed by atoms with Crippen molar-refractivity contribution in [3.05, 3.63) is 59.7 Å². The lowest BCUT2D eigenvalue weighted by molar-refractivity contribution is -0.916. The molecule has 6 nitrogen and oxygen atoms in total. The van der Waals surface area contributed by atoms with Gasteiger partial charge < -0.3 is 20.3 Å². The van der Waals surface area contributed by atoms with Crippen LogP contribution in [0.5, 0.6) is 5.75 Å². The maximum Gasteiger partial charge on any atom is 0.279 e. The Labute approximate surface area is 171 Å². The van der Waals surface area contributed by atoms with Crippen LogP contribution in [0.3, 0.4) is 0 Å². The van der Waals surface area contributed by atoms with Gasteiger partial charge in [0, 0.05) is 24.4 Å². The van der Waals surface area contributed by atoms with Crippen LogP contribution in [0.4, 0.5) is 5.69 Å². The van der Waals surface area contributed by atoms with Crippen LogP contribution in [-0.4, -0.2) is 37.6 Å². The average Bonchev–Trinajstić information content (AvgIpc) is 3.62. The number of methoxy groups -OCH3 is 1. The van der Waals surface area contributed by atoms with Crippen LogP contribution >= 0.6 is 0 Å². The van der Waals surface area contributed by atoms with Crippen molar-refractivity contribution in [1.29, 1.82) is 0 Å². The normalized spacial score (nSPS) is 16.7. The minimum atomic E-state index is -0.118. The fourth-order valence-corrected chi connectivity index (χ4v) is 3.53. The summed E-state index contributed by atoms with van der Waals surface area (Å²) in [7, 11) is 1.66. The Morgan fingerprint density at radius 2 is 1.76 bits per heavy atom. The molecule has 0 aliphatic heterocycles. The molecular weight excluding hydrogens is 366 g/mol. The van der Waals surface area contributed by atoms with E-state index in [2.05, 4.69) is 22.8 Å². The van der Waals surface area contributed by atoms with Gasteiger partial charge in [-0.2, -0.15) is 0 Å². The van der Waals surface area contributed by atoms with Crippen LogP contribution in [0.2, 0.25) is 0 Å². The van der Waals surface area contributed by atoms with E-state index in [1.165, 1.54) is 10.5 Å². The number of quaternary nitrogens is 1. The summed E-state index contributed by atoms with van der Waals surface area (Å²) in [6.45, 7) is 1.18. The van der Waals surface area contributed by atoms with Crippen LogP contribution in [0.15, 0.2) is 48.5 Å². The first-order valence-electron chi connectivity index (χ1n) is 10.3. The third-order valence-corrected chi connectivity index (χ3v) is 5.49. The zero-order valence-corrected chi connectivity index (χ0v) is 16.7. The zero-order valence-electron chi connectivity index (χ0n) is 16.7. The fraction of sp³-hybridized carbons (Fsp3) is 0.391. The predicted octanol–water partition coefficient (Wildman–Crippen LogP) is 1.77. The smallest absolute Gasteiger partial charge is 0.279 e. The molecule has 2 fully saturated rings. The zero-order chi connectivity index (χ0) is 20.2. The number of para-hydroxylation sites is 1. The third kappa shape index (κ3) is 5.35. The van der Waals surface area contributed by atoms with Crippen LogP contribution in [0, 0.1) is 0 Å². The third-order valence-electron chi connectivity index (χ3n) is 5.49. The molecule has 4 rings (SSSR count). The molecule has 1 atom stereocenters. The number of hydrogen-bond acceptors (Lipinski definition) is 3. The van der Waals surface area contributed by atoms with E-state index in [0.717, 1.165) is 38.0 Å².